The van der Waals surface area contributed by atoms with Gasteiger partial charge in [-0.3, -0.25) is 15.2 Å². The first-order valence-corrected chi connectivity index (χ1v) is 5.65. The Morgan fingerprint density at radius 2 is 2.11 bits per heavy atom. The summed E-state index contributed by atoms with van der Waals surface area (Å²) in [5.74, 6) is 1.22. The van der Waals surface area contributed by atoms with Crippen molar-refractivity contribution in [2.75, 3.05) is 5.32 Å². The van der Waals surface area contributed by atoms with E-state index in [1.165, 1.54) is 0 Å². The molecular formula is C11H15N5O2. The predicted octanol–water partition coefficient (Wildman–Crippen LogP) is 1.79. The minimum Gasteiger partial charge on any atom is -0.360 e. The molecule has 7 heteroatoms. The summed E-state index contributed by atoms with van der Waals surface area (Å²) in [5, 5.41) is 12.9. The molecule has 2 heterocycles. The molecule has 0 bridgehead atoms. The number of carbonyl (C=O) groups excluding carboxylic acids is 1. The molecule has 0 aliphatic rings. The first-order valence-electron chi connectivity index (χ1n) is 5.65. The lowest BCUT2D eigenvalue weighted by molar-refractivity contribution is 0.102. The minimum absolute atomic E-state index is 0.0841. The highest BCUT2D eigenvalue weighted by Gasteiger charge is 2.23. The Kier molecular flexibility index (Phi) is 3.14. The van der Waals surface area contributed by atoms with E-state index < -0.39 is 0 Å². The zero-order valence-electron chi connectivity index (χ0n) is 10.7. The number of nitrogens with zero attached hydrogens (tertiary/aromatic N) is 3. The van der Waals surface area contributed by atoms with Crippen LogP contribution in [0, 0.1) is 13.8 Å². The smallest absolute Gasteiger partial charge is 0.263 e. The molecule has 0 aliphatic heterocycles. The van der Waals surface area contributed by atoms with Gasteiger partial charge in [0.2, 0.25) is 5.95 Å². The molecule has 0 aromatic carbocycles. The number of anilines is 1. The summed E-state index contributed by atoms with van der Waals surface area (Å²) in [4.78, 5) is 16.1. The number of amides is 1. The van der Waals surface area contributed by atoms with Crippen molar-refractivity contribution in [3.8, 4) is 0 Å². The van der Waals surface area contributed by atoms with Crippen molar-refractivity contribution in [3.05, 3.63) is 22.8 Å². The van der Waals surface area contributed by atoms with E-state index in [1.807, 2.05) is 13.8 Å². The second-order valence-electron chi connectivity index (χ2n) is 4.36. The van der Waals surface area contributed by atoms with E-state index in [9.17, 15) is 4.79 Å². The molecule has 0 fully saturated rings. The Morgan fingerprint density at radius 3 is 2.67 bits per heavy atom. The number of hydrogen-bond acceptors (Lipinski definition) is 5. The highest BCUT2D eigenvalue weighted by Crippen LogP contribution is 2.22. The highest BCUT2D eigenvalue weighted by atomic mass is 16.5. The van der Waals surface area contributed by atoms with E-state index in [0.717, 1.165) is 0 Å². The quantitative estimate of drug-likeness (QED) is 0.864. The summed E-state index contributed by atoms with van der Waals surface area (Å²) < 4.78 is 5.16. The number of nitrogens with one attached hydrogen (secondary N) is 2. The van der Waals surface area contributed by atoms with Gasteiger partial charge in [-0.2, -0.15) is 4.98 Å². The second kappa shape index (κ2) is 4.59. The molecule has 18 heavy (non-hydrogen) atoms. The molecule has 0 atom stereocenters. The third-order valence-corrected chi connectivity index (χ3v) is 2.46. The Bertz CT molecular complexity index is 570. The fourth-order valence-electron chi connectivity index (χ4n) is 1.62. The number of rotatable bonds is 3. The fraction of sp³-hybridized carbons (Fsp3) is 0.455. The van der Waals surface area contributed by atoms with Gasteiger partial charge in [-0.15, -0.1) is 5.10 Å². The van der Waals surface area contributed by atoms with Gasteiger partial charge >= 0.3 is 0 Å². The Morgan fingerprint density at radius 1 is 1.39 bits per heavy atom. The minimum atomic E-state index is -0.309. The van der Waals surface area contributed by atoms with Crippen LogP contribution in [0.2, 0.25) is 0 Å². The Balaban J connectivity index is 2.26. The molecule has 2 aromatic rings. The van der Waals surface area contributed by atoms with Gasteiger partial charge in [0.15, 0.2) is 5.76 Å². The van der Waals surface area contributed by atoms with E-state index in [2.05, 4.69) is 25.7 Å². The average molecular weight is 249 g/mol. The lowest BCUT2D eigenvalue weighted by Crippen LogP contribution is -2.15. The molecule has 1 amide bonds. The number of H-pyrrole nitrogens is 1. The molecule has 0 aliphatic carbocycles. The van der Waals surface area contributed by atoms with Crippen LogP contribution in [0.4, 0.5) is 5.95 Å². The topological polar surface area (TPSA) is 96.7 Å². The number of aromatic nitrogens is 4. The fourth-order valence-corrected chi connectivity index (χ4v) is 1.62. The van der Waals surface area contributed by atoms with Crippen molar-refractivity contribution >= 4 is 11.9 Å². The lowest BCUT2D eigenvalue weighted by Gasteiger charge is -2.04. The van der Waals surface area contributed by atoms with Gasteiger partial charge in [0.1, 0.15) is 11.4 Å². The van der Waals surface area contributed by atoms with E-state index >= 15 is 0 Å². The summed E-state index contributed by atoms with van der Waals surface area (Å²) in [7, 11) is 0. The van der Waals surface area contributed by atoms with Crippen LogP contribution in [-0.2, 0) is 0 Å². The van der Waals surface area contributed by atoms with Crippen molar-refractivity contribution < 1.29 is 9.32 Å². The van der Waals surface area contributed by atoms with Crippen molar-refractivity contribution in [2.24, 2.45) is 0 Å². The third-order valence-electron chi connectivity index (χ3n) is 2.46. The van der Waals surface area contributed by atoms with Crippen LogP contribution < -0.4 is 5.32 Å². The SMILES string of the molecule is Cc1nc(NC(=O)c2c(C)noc2C(C)C)n[nH]1. The average Bonchev–Trinajstić information content (AvgIpc) is 2.85. The van der Waals surface area contributed by atoms with Gasteiger partial charge in [-0.05, 0) is 13.8 Å². The van der Waals surface area contributed by atoms with Crippen molar-refractivity contribution in [3.63, 3.8) is 0 Å². The predicted molar refractivity (Wildman–Crippen MR) is 64.4 cm³/mol. The Labute approximate surface area is 104 Å². The van der Waals surface area contributed by atoms with Crippen LogP contribution in [0.1, 0.15) is 47.4 Å². The van der Waals surface area contributed by atoms with Crippen LogP contribution in [0.15, 0.2) is 4.52 Å². The standard InChI is InChI=1S/C11H15N5O2/c1-5(2)9-8(6(3)16-18-9)10(17)13-11-12-7(4)14-15-11/h5H,1-4H3,(H2,12,13,14,15,17). The van der Waals surface area contributed by atoms with Crippen molar-refractivity contribution in [1.29, 1.82) is 0 Å². The van der Waals surface area contributed by atoms with Crippen LogP contribution in [-0.4, -0.2) is 26.2 Å². The zero-order chi connectivity index (χ0) is 13.3. The summed E-state index contributed by atoms with van der Waals surface area (Å²) in [6.45, 7) is 7.36. The molecule has 2 N–H and O–H groups in total. The van der Waals surface area contributed by atoms with Crippen LogP contribution in [0.5, 0.6) is 0 Å². The van der Waals surface area contributed by atoms with Gasteiger partial charge in [0.05, 0.1) is 5.69 Å². The van der Waals surface area contributed by atoms with Gasteiger partial charge < -0.3 is 4.52 Å². The lowest BCUT2D eigenvalue weighted by atomic mass is 10.0. The third kappa shape index (κ3) is 2.24. The first-order chi connectivity index (χ1) is 8.49. The second-order valence-corrected chi connectivity index (χ2v) is 4.36. The van der Waals surface area contributed by atoms with Crippen molar-refractivity contribution in [2.45, 2.75) is 33.6 Å². The molecule has 0 radical (unpaired) electrons. The monoisotopic (exact) mass is 249 g/mol. The number of carbonyl (C=O) groups is 1. The van der Waals surface area contributed by atoms with E-state index in [1.54, 1.807) is 13.8 Å². The summed E-state index contributed by atoms with van der Waals surface area (Å²) >= 11 is 0. The zero-order valence-corrected chi connectivity index (χ0v) is 10.7. The molecular weight excluding hydrogens is 234 g/mol. The molecule has 7 nitrogen and oxygen atoms in total. The van der Waals surface area contributed by atoms with Crippen LogP contribution >= 0.6 is 0 Å². The summed E-state index contributed by atoms with van der Waals surface area (Å²) in [6.07, 6.45) is 0. The number of aryl methyl sites for hydroxylation is 2. The highest BCUT2D eigenvalue weighted by molar-refractivity contribution is 6.04. The van der Waals surface area contributed by atoms with Crippen LogP contribution in [0.3, 0.4) is 0 Å². The summed E-state index contributed by atoms with van der Waals surface area (Å²) in [6, 6.07) is 0. The van der Waals surface area contributed by atoms with Gasteiger partial charge in [0.25, 0.3) is 5.91 Å². The van der Waals surface area contributed by atoms with E-state index in [-0.39, 0.29) is 17.8 Å². The van der Waals surface area contributed by atoms with Crippen molar-refractivity contribution in [1.82, 2.24) is 20.3 Å². The van der Waals surface area contributed by atoms with E-state index in [0.29, 0.717) is 22.8 Å². The number of hydrogen-bond donors (Lipinski definition) is 2. The Hall–Kier alpha value is -2.18. The molecule has 2 rings (SSSR count). The van der Waals surface area contributed by atoms with Crippen LogP contribution in [0.25, 0.3) is 0 Å². The molecule has 2 aromatic heterocycles. The van der Waals surface area contributed by atoms with Gasteiger partial charge in [-0.25, -0.2) is 0 Å². The molecule has 0 spiro atoms. The summed E-state index contributed by atoms with van der Waals surface area (Å²) in [5.41, 5.74) is 1.01. The maximum absolute atomic E-state index is 12.1. The van der Waals surface area contributed by atoms with Gasteiger partial charge in [0, 0.05) is 5.92 Å². The normalized spacial score (nSPS) is 10.9. The molecule has 96 valence electrons. The largest absolute Gasteiger partial charge is 0.360 e. The van der Waals surface area contributed by atoms with Gasteiger partial charge in [-0.1, -0.05) is 19.0 Å². The number of aromatic amines is 1. The van der Waals surface area contributed by atoms with E-state index in [4.69, 9.17) is 4.52 Å². The molecule has 0 saturated heterocycles. The molecule has 0 saturated carbocycles. The molecule has 0 unspecified atom stereocenters. The maximum Gasteiger partial charge on any atom is 0.263 e. The first kappa shape index (κ1) is 12.3. The maximum atomic E-state index is 12.1.